The molecule has 1 unspecified atom stereocenters. The molecule has 0 bridgehead atoms. The van der Waals surface area contributed by atoms with Gasteiger partial charge in [-0.25, -0.2) is 4.98 Å². The zero-order valence-electron chi connectivity index (χ0n) is 42.4. The number of aryl methyl sites for hydroxylation is 2. The third-order valence-electron chi connectivity index (χ3n) is 12.7. The average Bonchev–Trinajstić information content (AvgIpc) is 4.21. The lowest BCUT2D eigenvalue weighted by molar-refractivity contribution is -0.144. The van der Waals surface area contributed by atoms with Crippen LogP contribution in [-0.2, 0) is 41.6 Å². The zero-order chi connectivity index (χ0) is 53.1. The van der Waals surface area contributed by atoms with Gasteiger partial charge in [-0.2, -0.15) is 0 Å². The number of carbonyl (C=O) groups is 6. The van der Waals surface area contributed by atoms with Crippen LogP contribution in [0.4, 0.5) is 0 Å². The van der Waals surface area contributed by atoms with Gasteiger partial charge in [0.05, 0.1) is 60.2 Å². The lowest BCUT2D eigenvalue weighted by Gasteiger charge is -2.35. The van der Waals surface area contributed by atoms with Gasteiger partial charge in [-0.15, -0.1) is 11.3 Å². The van der Waals surface area contributed by atoms with Gasteiger partial charge in [0, 0.05) is 58.2 Å². The van der Waals surface area contributed by atoms with Crippen molar-refractivity contribution in [2.24, 2.45) is 5.41 Å². The first kappa shape index (κ1) is 54.6. The number of β-amino-alcohol motifs (C(OH)–C–C–N with tert-alkyl or cyclic N) is 1. The van der Waals surface area contributed by atoms with Crippen molar-refractivity contribution in [3.05, 3.63) is 106 Å². The fourth-order valence-electron chi connectivity index (χ4n) is 8.64. The van der Waals surface area contributed by atoms with E-state index in [4.69, 9.17) is 18.7 Å². The molecule has 74 heavy (non-hydrogen) atoms. The summed E-state index contributed by atoms with van der Waals surface area (Å²) in [6.45, 7) is 8.26. The van der Waals surface area contributed by atoms with Crippen molar-refractivity contribution in [1.29, 1.82) is 0 Å². The maximum absolute atomic E-state index is 14.0. The van der Waals surface area contributed by atoms with E-state index in [1.54, 1.807) is 49.1 Å². The number of aromatic hydroxyl groups is 1. The standard InChI is InChI=1S/C53H64N8O12S/c1-31-47(74-30-56-31)34-9-7-32(8-10-34)27-55-50(67)42-24-36(62)28-61(42)52(69)48(53(2,3)4)58-45(64)17-19-70-21-22-71-20-18-54-46(65)29-72-37-14-11-33-13-16-40(39(33)25-37)57-49(66)41-26-44(73-59-41)35-12-15-38(43(63)23-35)51(68)60(5)6/h7-12,14-15,23,25-26,30,36,40,42,48,62-63H,13,16-22,24,27-29H2,1-6H3,(H,54,65)(H,55,67)(H,57,66)(H,58,64)/t36-,40-,42+,48?/m1/s1. The van der Waals surface area contributed by atoms with E-state index in [0.29, 0.717) is 17.7 Å². The number of aliphatic hydroxyl groups excluding tert-OH is 1. The quantitative estimate of drug-likeness (QED) is 0.0528. The zero-order valence-corrected chi connectivity index (χ0v) is 43.2. The predicted octanol–water partition coefficient (Wildman–Crippen LogP) is 4.33. The predicted molar refractivity (Wildman–Crippen MR) is 273 cm³/mol. The van der Waals surface area contributed by atoms with E-state index < -0.39 is 41.3 Å². The number of amides is 6. The van der Waals surface area contributed by atoms with Crippen molar-refractivity contribution in [3.63, 3.8) is 0 Å². The van der Waals surface area contributed by atoms with Gasteiger partial charge in [-0.3, -0.25) is 28.8 Å². The second-order valence-electron chi connectivity index (χ2n) is 19.5. The van der Waals surface area contributed by atoms with Crippen molar-refractivity contribution in [2.45, 2.75) is 84.2 Å². The number of nitrogens with one attached hydrogen (secondary N) is 4. The Hall–Kier alpha value is -7.20. The number of phenolic OH excluding ortho intramolecular Hbond substituents is 1. The summed E-state index contributed by atoms with van der Waals surface area (Å²) in [6, 6.07) is 17.0. The Morgan fingerprint density at radius 3 is 2.36 bits per heavy atom. The van der Waals surface area contributed by atoms with Crippen molar-refractivity contribution in [2.75, 3.05) is 60.2 Å². The molecule has 3 heterocycles. The van der Waals surface area contributed by atoms with Crippen molar-refractivity contribution in [1.82, 2.24) is 41.2 Å². The van der Waals surface area contributed by atoms with Crippen LogP contribution >= 0.6 is 11.3 Å². The van der Waals surface area contributed by atoms with Crippen molar-refractivity contribution in [3.8, 4) is 33.3 Å². The summed E-state index contributed by atoms with van der Waals surface area (Å²) in [5.41, 5.74) is 6.47. The number of thiazole rings is 1. The average molecular weight is 1040 g/mol. The molecule has 21 heteroatoms. The topological polar surface area (TPSA) is 264 Å². The Morgan fingerprint density at radius 2 is 1.66 bits per heavy atom. The van der Waals surface area contributed by atoms with Gasteiger partial charge >= 0.3 is 0 Å². The van der Waals surface area contributed by atoms with Crippen LogP contribution in [0.5, 0.6) is 11.5 Å². The summed E-state index contributed by atoms with van der Waals surface area (Å²) in [4.78, 5) is 86.7. The first-order valence-corrected chi connectivity index (χ1v) is 25.3. The van der Waals surface area contributed by atoms with E-state index in [-0.39, 0.29) is 112 Å². The van der Waals surface area contributed by atoms with Crippen LogP contribution in [0.15, 0.2) is 76.8 Å². The number of hydrogen-bond acceptors (Lipinski definition) is 15. The smallest absolute Gasteiger partial charge is 0.273 e. The van der Waals surface area contributed by atoms with Crippen LogP contribution in [0.25, 0.3) is 21.8 Å². The summed E-state index contributed by atoms with van der Waals surface area (Å²) >= 11 is 1.56. The van der Waals surface area contributed by atoms with E-state index >= 15 is 0 Å². The third kappa shape index (κ3) is 14.1. The highest BCUT2D eigenvalue weighted by Gasteiger charge is 2.44. The fourth-order valence-corrected chi connectivity index (χ4v) is 9.45. The lowest BCUT2D eigenvalue weighted by Crippen LogP contribution is -2.57. The molecule has 20 nitrogen and oxygen atoms in total. The minimum absolute atomic E-state index is 0.0277. The highest BCUT2D eigenvalue weighted by Crippen LogP contribution is 2.35. The lowest BCUT2D eigenvalue weighted by atomic mass is 9.85. The molecule has 5 aromatic rings. The van der Waals surface area contributed by atoms with Crippen LogP contribution in [0.3, 0.4) is 0 Å². The van der Waals surface area contributed by atoms with Crippen LogP contribution < -0.4 is 26.0 Å². The summed E-state index contributed by atoms with van der Waals surface area (Å²) in [5.74, 6) is -1.95. The molecule has 3 aromatic carbocycles. The van der Waals surface area contributed by atoms with Crippen LogP contribution in [0.1, 0.15) is 89.3 Å². The van der Waals surface area contributed by atoms with E-state index in [2.05, 4.69) is 31.4 Å². The summed E-state index contributed by atoms with van der Waals surface area (Å²) in [7, 11) is 3.17. The van der Waals surface area contributed by atoms with Gasteiger partial charge in [-0.1, -0.05) is 62.3 Å². The Labute approximate surface area is 433 Å². The number of nitrogens with zero attached hydrogens (tertiary/aromatic N) is 4. The molecule has 1 aliphatic heterocycles. The number of ether oxygens (including phenoxy) is 3. The molecule has 6 amide bonds. The maximum Gasteiger partial charge on any atom is 0.273 e. The number of benzene rings is 3. The van der Waals surface area contributed by atoms with Crippen LogP contribution in [0.2, 0.25) is 0 Å². The van der Waals surface area contributed by atoms with Crippen LogP contribution in [0, 0.1) is 12.3 Å². The number of carbonyl (C=O) groups excluding carboxylic acids is 6. The Morgan fingerprint density at radius 1 is 0.919 bits per heavy atom. The molecular formula is C53H64N8O12S. The second-order valence-corrected chi connectivity index (χ2v) is 20.3. The molecule has 2 aromatic heterocycles. The number of fused-ring (bicyclic) bond motifs is 1. The van der Waals surface area contributed by atoms with E-state index in [0.717, 1.165) is 39.2 Å². The van der Waals surface area contributed by atoms with Gasteiger partial charge < -0.3 is 60.0 Å². The Balaban J connectivity index is 0.765. The van der Waals surface area contributed by atoms with Crippen LogP contribution in [-0.4, -0.2) is 144 Å². The monoisotopic (exact) mass is 1040 g/mol. The van der Waals surface area contributed by atoms with Crippen molar-refractivity contribution < 1.29 is 57.7 Å². The van der Waals surface area contributed by atoms with Gasteiger partial charge in [0.25, 0.3) is 17.7 Å². The molecule has 7 rings (SSSR count). The van der Waals surface area contributed by atoms with Gasteiger partial charge in [-0.05, 0) is 71.7 Å². The highest BCUT2D eigenvalue weighted by atomic mass is 32.1. The number of hydrogen-bond donors (Lipinski definition) is 6. The number of rotatable bonds is 22. The molecule has 2 aliphatic rings. The molecule has 4 atom stereocenters. The minimum Gasteiger partial charge on any atom is -0.507 e. The van der Waals surface area contributed by atoms with E-state index in [1.807, 2.05) is 58.0 Å². The summed E-state index contributed by atoms with van der Waals surface area (Å²) in [6.07, 6.45) is 0.540. The molecular weight excluding hydrogens is 973 g/mol. The first-order chi connectivity index (χ1) is 35.4. The number of likely N-dealkylation sites (tertiary alicyclic amines) is 1. The minimum atomic E-state index is -0.969. The molecule has 0 radical (unpaired) electrons. The van der Waals surface area contributed by atoms with E-state index in [9.17, 15) is 39.0 Å². The molecule has 1 aliphatic carbocycles. The van der Waals surface area contributed by atoms with Gasteiger partial charge in [0.15, 0.2) is 18.1 Å². The SMILES string of the molecule is Cc1ncsc1-c1ccc(CNC(=O)[C@@H]2C[C@@H](O)CN2C(=O)C(NC(=O)CCOCCOCCNC(=O)COc2ccc3c(c2)[C@H](NC(=O)c2cc(-c4ccc(C(=O)N(C)C)c(O)c4)on2)CC3)C(C)(C)C)cc1. The first-order valence-electron chi connectivity index (χ1n) is 24.4. The third-order valence-corrected chi connectivity index (χ3v) is 13.6. The van der Waals surface area contributed by atoms with E-state index in [1.165, 1.54) is 28.0 Å². The van der Waals surface area contributed by atoms with Gasteiger partial charge in [0.1, 0.15) is 23.6 Å². The second kappa shape index (κ2) is 24.7. The molecule has 1 saturated heterocycles. The molecule has 0 saturated carbocycles. The normalized spacial score (nSPS) is 16.5. The largest absolute Gasteiger partial charge is 0.507 e. The molecule has 0 spiro atoms. The number of phenols is 1. The Kier molecular flexibility index (Phi) is 18.2. The maximum atomic E-state index is 14.0. The summed E-state index contributed by atoms with van der Waals surface area (Å²) < 4.78 is 22.3. The Bertz CT molecular complexity index is 2810. The van der Waals surface area contributed by atoms with Crippen molar-refractivity contribution >= 4 is 46.8 Å². The highest BCUT2D eigenvalue weighted by molar-refractivity contribution is 7.13. The fraction of sp³-hybridized carbons (Fsp3) is 0.434. The number of aromatic nitrogens is 2. The molecule has 1 fully saturated rings. The molecule has 394 valence electrons. The summed E-state index contributed by atoms with van der Waals surface area (Å²) in [5, 5.41) is 36.4. The number of aliphatic hydroxyl groups is 1. The van der Waals surface area contributed by atoms with Gasteiger partial charge in [0.2, 0.25) is 17.7 Å². The molecule has 6 N–H and O–H groups in total.